The van der Waals surface area contributed by atoms with Crippen LogP contribution in [0.2, 0.25) is 0 Å². The van der Waals surface area contributed by atoms with Crippen LogP contribution >= 0.6 is 12.4 Å². The van der Waals surface area contributed by atoms with E-state index in [9.17, 15) is 4.79 Å². The molecule has 3 nitrogen and oxygen atoms in total. The van der Waals surface area contributed by atoms with Gasteiger partial charge in [0.1, 0.15) is 0 Å². The second-order valence-corrected chi connectivity index (χ2v) is 4.43. The average molecular weight is 219 g/mol. The molecule has 1 N–H and O–H groups in total. The van der Waals surface area contributed by atoms with Crippen molar-refractivity contribution in [3.63, 3.8) is 0 Å². The van der Waals surface area contributed by atoms with Crippen molar-refractivity contribution < 1.29 is 4.79 Å². The maximum Gasteiger partial charge on any atom is 0.219 e. The maximum atomic E-state index is 11.1. The lowest BCUT2D eigenvalue weighted by atomic mass is 9.78. The van der Waals surface area contributed by atoms with E-state index in [2.05, 4.69) is 5.32 Å². The molecule has 0 atom stereocenters. The minimum absolute atomic E-state index is 0. The minimum Gasteiger partial charge on any atom is -0.343 e. The first-order chi connectivity index (χ1) is 6.22. The number of halogens is 1. The van der Waals surface area contributed by atoms with Gasteiger partial charge < -0.3 is 10.2 Å². The number of amides is 1. The maximum absolute atomic E-state index is 11.1. The molecule has 2 saturated heterocycles. The lowest BCUT2D eigenvalue weighted by Gasteiger charge is -2.38. The Balaban J connectivity index is 0.000000980. The smallest absolute Gasteiger partial charge is 0.219 e. The summed E-state index contributed by atoms with van der Waals surface area (Å²) in [6, 6.07) is 0. The molecule has 0 aromatic carbocycles. The zero-order chi connectivity index (χ0) is 9.31. The van der Waals surface area contributed by atoms with Gasteiger partial charge in [-0.3, -0.25) is 4.79 Å². The number of carbonyl (C=O) groups excluding carboxylic acids is 1. The zero-order valence-electron chi connectivity index (χ0n) is 8.71. The Bertz CT molecular complexity index is 204. The van der Waals surface area contributed by atoms with Crippen LogP contribution in [0.25, 0.3) is 0 Å². The third kappa shape index (κ3) is 2.20. The summed E-state index contributed by atoms with van der Waals surface area (Å²) in [7, 11) is 0. The summed E-state index contributed by atoms with van der Waals surface area (Å²) in [6.45, 7) is 5.94. The lowest BCUT2D eigenvalue weighted by molar-refractivity contribution is -0.130. The number of carbonyl (C=O) groups is 1. The minimum atomic E-state index is 0. The fraction of sp³-hybridized carbons (Fsp3) is 0.900. The summed E-state index contributed by atoms with van der Waals surface area (Å²) in [5.41, 5.74) is 0.534. The largest absolute Gasteiger partial charge is 0.343 e. The lowest BCUT2D eigenvalue weighted by Crippen LogP contribution is -2.43. The van der Waals surface area contributed by atoms with Crippen LogP contribution in [-0.4, -0.2) is 37.0 Å². The average Bonchev–Trinajstić information content (AvgIpc) is 2.54. The Kier molecular flexibility index (Phi) is 3.78. The second-order valence-electron chi connectivity index (χ2n) is 4.43. The SMILES string of the molecule is CC(=O)N1CCC2(CCNC2)CC1.Cl. The van der Waals surface area contributed by atoms with Crippen LogP contribution in [0.5, 0.6) is 0 Å². The molecule has 4 heteroatoms. The summed E-state index contributed by atoms with van der Waals surface area (Å²) < 4.78 is 0. The second kappa shape index (κ2) is 4.49. The third-order valence-corrected chi connectivity index (χ3v) is 3.60. The van der Waals surface area contributed by atoms with Gasteiger partial charge in [0.25, 0.3) is 0 Å². The van der Waals surface area contributed by atoms with E-state index in [-0.39, 0.29) is 18.3 Å². The van der Waals surface area contributed by atoms with Gasteiger partial charge in [-0.2, -0.15) is 0 Å². The van der Waals surface area contributed by atoms with Gasteiger partial charge in [-0.05, 0) is 31.2 Å². The standard InChI is InChI=1S/C10H18N2O.ClH/c1-9(13)12-6-3-10(4-7-12)2-5-11-8-10;/h11H,2-8H2,1H3;1H. The number of hydrogen-bond acceptors (Lipinski definition) is 2. The van der Waals surface area contributed by atoms with Crippen molar-refractivity contribution in [2.24, 2.45) is 5.41 Å². The first-order valence-electron chi connectivity index (χ1n) is 5.18. The van der Waals surface area contributed by atoms with Crippen molar-refractivity contribution in [3.05, 3.63) is 0 Å². The molecule has 0 aromatic heterocycles. The Morgan fingerprint density at radius 1 is 1.29 bits per heavy atom. The van der Waals surface area contributed by atoms with Crippen LogP contribution in [0.4, 0.5) is 0 Å². The van der Waals surface area contributed by atoms with Crippen LogP contribution in [0, 0.1) is 5.41 Å². The number of hydrogen-bond donors (Lipinski definition) is 1. The Morgan fingerprint density at radius 2 is 1.93 bits per heavy atom. The Morgan fingerprint density at radius 3 is 2.36 bits per heavy atom. The fourth-order valence-corrected chi connectivity index (χ4v) is 2.52. The summed E-state index contributed by atoms with van der Waals surface area (Å²) in [5, 5.41) is 3.42. The summed E-state index contributed by atoms with van der Waals surface area (Å²) in [6.07, 6.45) is 3.69. The molecule has 0 radical (unpaired) electrons. The molecule has 2 fully saturated rings. The van der Waals surface area contributed by atoms with Crippen LogP contribution in [0.1, 0.15) is 26.2 Å². The molecule has 2 aliphatic heterocycles. The molecular formula is C10H19ClN2O. The normalized spacial score (nSPS) is 24.8. The van der Waals surface area contributed by atoms with E-state index in [4.69, 9.17) is 0 Å². The van der Waals surface area contributed by atoms with E-state index in [1.165, 1.54) is 32.4 Å². The number of nitrogens with zero attached hydrogens (tertiary/aromatic N) is 1. The first-order valence-corrected chi connectivity index (χ1v) is 5.18. The molecule has 0 unspecified atom stereocenters. The van der Waals surface area contributed by atoms with E-state index in [0.29, 0.717) is 5.41 Å². The molecule has 0 bridgehead atoms. The van der Waals surface area contributed by atoms with Gasteiger partial charge in [-0.15, -0.1) is 12.4 Å². The highest BCUT2D eigenvalue weighted by atomic mass is 35.5. The monoisotopic (exact) mass is 218 g/mol. The van der Waals surface area contributed by atoms with Gasteiger partial charge >= 0.3 is 0 Å². The van der Waals surface area contributed by atoms with Crippen LogP contribution in [-0.2, 0) is 4.79 Å². The van der Waals surface area contributed by atoms with Crippen LogP contribution in [0.3, 0.4) is 0 Å². The summed E-state index contributed by atoms with van der Waals surface area (Å²) in [4.78, 5) is 13.1. The van der Waals surface area contributed by atoms with Gasteiger partial charge in [0, 0.05) is 26.6 Å². The van der Waals surface area contributed by atoms with E-state index in [0.717, 1.165) is 13.1 Å². The van der Waals surface area contributed by atoms with Crippen molar-refractivity contribution in [2.75, 3.05) is 26.2 Å². The molecule has 82 valence electrons. The highest BCUT2D eigenvalue weighted by Gasteiger charge is 2.37. The number of rotatable bonds is 0. The molecule has 2 heterocycles. The molecule has 2 rings (SSSR count). The highest BCUT2D eigenvalue weighted by molar-refractivity contribution is 5.85. The van der Waals surface area contributed by atoms with E-state index < -0.39 is 0 Å². The van der Waals surface area contributed by atoms with Gasteiger partial charge in [0.15, 0.2) is 0 Å². The summed E-state index contributed by atoms with van der Waals surface area (Å²) >= 11 is 0. The quantitative estimate of drug-likeness (QED) is 0.659. The number of piperidine rings is 1. The molecule has 14 heavy (non-hydrogen) atoms. The molecule has 2 aliphatic rings. The highest BCUT2D eigenvalue weighted by Crippen LogP contribution is 2.36. The van der Waals surface area contributed by atoms with Gasteiger partial charge in [-0.25, -0.2) is 0 Å². The van der Waals surface area contributed by atoms with Crippen molar-refractivity contribution in [1.82, 2.24) is 10.2 Å². The van der Waals surface area contributed by atoms with Gasteiger partial charge in [-0.1, -0.05) is 0 Å². The van der Waals surface area contributed by atoms with E-state index >= 15 is 0 Å². The predicted molar refractivity (Wildman–Crippen MR) is 58.7 cm³/mol. The number of likely N-dealkylation sites (tertiary alicyclic amines) is 1. The Hall–Kier alpha value is -0.280. The van der Waals surface area contributed by atoms with Crippen molar-refractivity contribution in [1.29, 1.82) is 0 Å². The van der Waals surface area contributed by atoms with Gasteiger partial charge in [0.2, 0.25) is 5.91 Å². The molecule has 1 spiro atoms. The van der Waals surface area contributed by atoms with Crippen LogP contribution in [0.15, 0.2) is 0 Å². The molecular weight excluding hydrogens is 200 g/mol. The van der Waals surface area contributed by atoms with Crippen molar-refractivity contribution >= 4 is 18.3 Å². The van der Waals surface area contributed by atoms with Crippen molar-refractivity contribution in [3.8, 4) is 0 Å². The zero-order valence-corrected chi connectivity index (χ0v) is 9.53. The first kappa shape index (κ1) is 11.8. The molecule has 0 aromatic rings. The molecule has 0 aliphatic carbocycles. The Labute approximate surface area is 91.6 Å². The third-order valence-electron chi connectivity index (χ3n) is 3.60. The fourth-order valence-electron chi connectivity index (χ4n) is 2.52. The number of nitrogens with one attached hydrogen (secondary N) is 1. The van der Waals surface area contributed by atoms with Crippen molar-refractivity contribution in [2.45, 2.75) is 26.2 Å². The van der Waals surface area contributed by atoms with Gasteiger partial charge in [0.05, 0.1) is 0 Å². The topological polar surface area (TPSA) is 32.3 Å². The van der Waals surface area contributed by atoms with Crippen LogP contribution < -0.4 is 5.32 Å². The van der Waals surface area contributed by atoms with E-state index in [1.54, 1.807) is 6.92 Å². The van der Waals surface area contributed by atoms with E-state index in [1.807, 2.05) is 4.90 Å². The molecule has 0 saturated carbocycles. The predicted octanol–water partition coefficient (Wildman–Crippen LogP) is 1.03. The molecule has 1 amide bonds. The summed E-state index contributed by atoms with van der Waals surface area (Å²) in [5.74, 6) is 0.237.